The molecule has 5 aromatic rings. The second-order valence-electron chi connectivity index (χ2n) is 9.00. The summed E-state index contributed by atoms with van der Waals surface area (Å²) < 4.78 is 23.7. The van der Waals surface area contributed by atoms with Crippen molar-refractivity contribution in [2.24, 2.45) is 0 Å². The van der Waals surface area contributed by atoms with Gasteiger partial charge in [-0.05, 0) is 6.07 Å². The number of rotatable bonds is 2. The summed E-state index contributed by atoms with van der Waals surface area (Å²) in [4.78, 5) is 11.6. The first kappa shape index (κ1) is 25.2. The number of amides is 1. The van der Waals surface area contributed by atoms with E-state index >= 15 is 0 Å². The molecule has 0 aliphatic carbocycles. The Morgan fingerprint density at radius 1 is 0.575 bits per heavy atom. The predicted molar refractivity (Wildman–Crippen MR) is 162 cm³/mol. The molecule has 3 aliphatic rings. The van der Waals surface area contributed by atoms with Crippen molar-refractivity contribution < 1.29 is 19.0 Å². The van der Waals surface area contributed by atoms with Crippen LogP contribution in [0.5, 0.6) is 34.5 Å². The van der Waals surface area contributed by atoms with Gasteiger partial charge in [0.2, 0.25) is 0 Å². The van der Waals surface area contributed by atoms with Gasteiger partial charge in [0.15, 0.2) is 0 Å². The van der Waals surface area contributed by atoms with Gasteiger partial charge in [-0.15, -0.1) is 0 Å². The summed E-state index contributed by atoms with van der Waals surface area (Å²) in [5.41, 5.74) is 1.52. The van der Waals surface area contributed by atoms with E-state index < -0.39 is 0 Å². The molecule has 192 valence electrons. The third-order valence-electron chi connectivity index (χ3n) is 6.42. The van der Waals surface area contributed by atoms with Gasteiger partial charge < -0.3 is 5.32 Å². The number of nitrogens with one attached hydrogen (secondary N) is 1. The van der Waals surface area contributed by atoms with E-state index in [0.29, 0.717) is 10.6 Å². The molecule has 5 aromatic carbocycles. The first-order chi connectivity index (χ1) is 19.6. The van der Waals surface area contributed by atoms with Gasteiger partial charge in [-0.1, -0.05) is 30.4 Å². The molecule has 1 amide bonds. The monoisotopic (exact) mass is 663 g/mol. The zero-order valence-corrected chi connectivity index (χ0v) is 25.4. The van der Waals surface area contributed by atoms with E-state index in [9.17, 15) is 4.79 Å². The van der Waals surface area contributed by atoms with E-state index in [-0.39, 0.29) is 37.4 Å². The number of hydrogen-bond acceptors (Lipinski definition) is 5. The Morgan fingerprint density at radius 2 is 1.05 bits per heavy atom. The standard InChI is InChI=1S/C24H14As2O3.C8H5NOS/c1-3-9-17-15(7-1)25-23-19(27-17)11-5-13-21(23)29-22-14-6-12-20-24(22)26-16-8-2-4-10-18(16)28-20;10-7-5-3-1-2-4-6(5)8(11)9-7/h1-14H;1-4H,(H,9,10,11). The van der Waals surface area contributed by atoms with Crippen molar-refractivity contribution in [1.82, 2.24) is 5.32 Å². The molecule has 0 spiro atoms. The molecule has 1 N–H and O–H groups in total. The van der Waals surface area contributed by atoms with E-state index in [1.54, 1.807) is 6.07 Å². The molecule has 0 saturated carbocycles. The topological polar surface area (TPSA) is 56.8 Å². The van der Waals surface area contributed by atoms with Gasteiger partial charge in [-0.2, -0.15) is 0 Å². The van der Waals surface area contributed by atoms with E-state index in [4.69, 9.17) is 26.4 Å². The predicted octanol–water partition coefficient (Wildman–Crippen LogP) is 4.11. The maximum absolute atomic E-state index is 11.1. The summed E-state index contributed by atoms with van der Waals surface area (Å²) >= 11 is 4.52. The summed E-state index contributed by atoms with van der Waals surface area (Å²) in [5.74, 6) is 5.40. The van der Waals surface area contributed by atoms with E-state index in [1.807, 2.05) is 78.9 Å². The Balaban J connectivity index is 0.000000202. The van der Waals surface area contributed by atoms with E-state index in [0.717, 1.165) is 40.1 Å². The molecule has 0 unspecified atom stereocenters. The van der Waals surface area contributed by atoms with Crippen molar-refractivity contribution in [3.63, 3.8) is 0 Å². The molecule has 40 heavy (non-hydrogen) atoms. The average Bonchev–Trinajstić information content (AvgIpc) is 3.29. The van der Waals surface area contributed by atoms with Crippen LogP contribution in [0.3, 0.4) is 0 Å². The SMILES string of the molecule is O=C1NC(=S)c2ccccc21.c1ccc2c(c1)Oc1cccc(Oc3cccc4c3[As]c3ccccc3O4)c1[As]2. The normalized spacial score (nSPS) is 14.7. The molecule has 8 heteroatoms. The Kier molecular flexibility index (Phi) is 6.69. The Bertz CT molecular complexity index is 1690. The fourth-order valence-electron chi connectivity index (χ4n) is 4.54. The summed E-state index contributed by atoms with van der Waals surface area (Å²) in [7, 11) is 0. The zero-order chi connectivity index (χ0) is 27.1. The molecule has 5 nitrogen and oxygen atoms in total. The molecule has 0 bridgehead atoms. The maximum atomic E-state index is 11.1. The van der Waals surface area contributed by atoms with Gasteiger partial charge >= 0.3 is 183 Å². The molecule has 0 aromatic heterocycles. The van der Waals surface area contributed by atoms with Crippen LogP contribution in [0, 0.1) is 0 Å². The number of para-hydroxylation sites is 2. The van der Waals surface area contributed by atoms with Crippen LogP contribution in [-0.2, 0) is 0 Å². The van der Waals surface area contributed by atoms with Crippen LogP contribution >= 0.6 is 12.2 Å². The second-order valence-corrected chi connectivity index (χ2v) is 14.2. The van der Waals surface area contributed by atoms with Crippen molar-refractivity contribution in [2.45, 2.75) is 0 Å². The van der Waals surface area contributed by atoms with Crippen LogP contribution in [0.25, 0.3) is 0 Å². The summed E-state index contributed by atoms with van der Waals surface area (Å²) in [6, 6.07) is 36.0. The third kappa shape index (κ3) is 4.73. The number of benzene rings is 5. The zero-order valence-electron chi connectivity index (χ0n) is 20.8. The molecular formula is C32H19As2NO4S. The molecular weight excluding hydrogens is 644 g/mol. The van der Waals surface area contributed by atoms with Gasteiger partial charge in [-0.3, -0.25) is 4.79 Å². The van der Waals surface area contributed by atoms with Gasteiger partial charge in [0.05, 0.1) is 0 Å². The first-order valence-electron chi connectivity index (χ1n) is 12.5. The fraction of sp³-hybridized carbons (Fsp3) is 0. The van der Waals surface area contributed by atoms with Gasteiger partial charge in [0.1, 0.15) is 4.99 Å². The molecule has 0 fully saturated rings. The fourth-order valence-corrected chi connectivity index (χ4v) is 9.39. The van der Waals surface area contributed by atoms with Crippen LogP contribution in [0.2, 0.25) is 0 Å². The summed E-state index contributed by atoms with van der Waals surface area (Å²) in [6.07, 6.45) is 0. The quantitative estimate of drug-likeness (QED) is 0.223. The number of ether oxygens (including phenoxy) is 3. The molecule has 2 radical (unpaired) electrons. The summed E-state index contributed by atoms with van der Waals surface area (Å²) in [5, 5.41) is 2.57. The first-order valence-corrected chi connectivity index (χ1v) is 16.7. The number of thiocarbonyl (C=S) groups is 1. The molecule has 3 heterocycles. The number of carbonyl (C=O) groups is 1. The van der Waals surface area contributed by atoms with Gasteiger partial charge in [-0.25, -0.2) is 0 Å². The summed E-state index contributed by atoms with van der Waals surface area (Å²) in [6.45, 7) is 0. The number of carbonyl (C=O) groups excluding carboxylic acids is 1. The van der Waals surface area contributed by atoms with Crippen molar-refractivity contribution >= 4 is 72.0 Å². The van der Waals surface area contributed by atoms with E-state index in [2.05, 4.69) is 29.6 Å². The molecule has 0 atom stereocenters. The third-order valence-corrected chi connectivity index (χ3v) is 12.1. The van der Waals surface area contributed by atoms with Gasteiger partial charge in [0.25, 0.3) is 5.91 Å². The van der Waals surface area contributed by atoms with Crippen molar-refractivity contribution in [3.8, 4) is 34.5 Å². The van der Waals surface area contributed by atoms with Crippen LogP contribution < -0.4 is 36.9 Å². The Morgan fingerprint density at radius 3 is 1.60 bits per heavy atom. The minimum atomic E-state index is -0.201. The minimum absolute atomic E-state index is 0.0920. The van der Waals surface area contributed by atoms with Crippen molar-refractivity contribution in [2.75, 3.05) is 0 Å². The van der Waals surface area contributed by atoms with Crippen molar-refractivity contribution in [1.29, 1.82) is 0 Å². The van der Waals surface area contributed by atoms with Crippen LogP contribution in [0.15, 0.2) is 109 Å². The van der Waals surface area contributed by atoms with Gasteiger partial charge in [0, 0.05) is 11.1 Å². The van der Waals surface area contributed by atoms with Crippen LogP contribution in [0.1, 0.15) is 15.9 Å². The van der Waals surface area contributed by atoms with Crippen molar-refractivity contribution in [3.05, 3.63) is 120 Å². The molecule has 0 saturated heterocycles. The number of hydrogen-bond donors (Lipinski definition) is 1. The second kappa shape index (κ2) is 10.6. The van der Waals surface area contributed by atoms with E-state index in [1.165, 1.54) is 17.4 Å². The molecule has 3 aliphatic heterocycles. The molecule has 8 rings (SSSR count). The van der Waals surface area contributed by atoms with Crippen LogP contribution in [0.4, 0.5) is 0 Å². The van der Waals surface area contributed by atoms with Crippen LogP contribution in [-0.4, -0.2) is 42.4 Å². The number of fused-ring (bicyclic) bond motifs is 5. The Hall–Kier alpha value is -3.82. The Labute approximate surface area is 249 Å². The average molecular weight is 663 g/mol.